The number of carboxylic acids is 1. The zero-order chi connectivity index (χ0) is 23.3. The number of nitrogens with zero attached hydrogens (tertiary/aromatic N) is 1. The molecular weight excluding hydrogens is 441 g/mol. The lowest BCUT2D eigenvalue weighted by molar-refractivity contribution is -0.192. The van der Waals surface area contributed by atoms with Gasteiger partial charge in [0.2, 0.25) is 0 Å². The van der Waals surface area contributed by atoms with Gasteiger partial charge < -0.3 is 15.7 Å². The predicted molar refractivity (Wildman–Crippen MR) is 117 cm³/mol. The Morgan fingerprint density at radius 3 is 2.44 bits per heavy atom. The molecule has 1 aliphatic carbocycles. The molecule has 1 aliphatic heterocycles. The second kappa shape index (κ2) is 10.5. The summed E-state index contributed by atoms with van der Waals surface area (Å²) in [5.74, 6) is -1.94. The molecule has 0 radical (unpaired) electrons. The minimum Gasteiger partial charge on any atom is -0.475 e. The van der Waals surface area contributed by atoms with Crippen molar-refractivity contribution in [2.75, 3.05) is 13.1 Å². The van der Waals surface area contributed by atoms with Crippen molar-refractivity contribution in [2.45, 2.75) is 57.2 Å². The number of rotatable bonds is 3. The molecule has 5 nitrogen and oxygen atoms in total. The van der Waals surface area contributed by atoms with E-state index in [1.165, 1.54) is 35.1 Å². The van der Waals surface area contributed by atoms with Gasteiger partial charge in [-0.25, -0.2) is 4.79 Å². The average molecular weight is 469 g/mol. The molecule has 2 aliphatic rings. The fourth-order valence-electron chi connectivity index (χ4n) is 4.23. The maximum atomic E-state index is 13.0. The topological polar surface area (TPSA) is 83.6 Å². The molecule has 0 atom stereocenters. The van der Waals surface area contributed by atoms with Crippen LogP contribution in [-0.2, 0) is 24.2 Å². The summed E-state index contributed by atoms with van der Waals surface area (Å²) in [6.45, 7) is 2.32. The van der Waals surface area contributed by atoms with E-state index < -0.39 is 12.1 Å². The lowest BCUT2D eigenvalue weighted by Gasteiger charge is -2.32. The smallest absolute Gasteiger partial charge is 0.475 e. The number of benzene rings is 1. The van der Waals surface area contributed by atoms with E-state index in [2.05, 4.69) is 34.5 Å². The van der Waals surface area contributed by atoms with Crippen LogP contribution in [0.25, 0.3) is 0 Å². The Hall–Kier alpha value is -2.39. The van der Waals surface area contributed by atoms with Gasteiger partial charge in [-0.05, 0) is 72.1 Å². The monoisotopic (exact) mass is 468 g/mol. The van der Waals surface area contributed by atoms with Crippen molar-refractivity contribution in [3.63, 3.8) is 0 Å². The van der Waals surface area contributed by atoms with Crippen LogP contribution >= 0.6 is 11.3 Å². The van der Waals surface area contributed by atoms with Gasteiger partial charge in [-0.1, -0.05) is 24.3 Å². The maximum absolute atomic E-state index is 13.0. The summed E-state index contributed by atoms with van der Waals surface area (Å²) in [6.07, 6.45) is 1.75. The van der Waals surface area contributed by atoms with Gasteiger partial charge in [0.15, 0.2) is 0 Å². The first kappa shape index (κ1) is 24.3. The Kier molecular flexibility index (Phi) is 7.95. The molecule has 0 bridgehead atoms. The number of carboxylic acid groups (broad SMARTS) is 1. The Morgan fingerprint density at radius 2 is 1.81 bits per heavy atom. The average Bonchev–Trinajstić information content (AvgIpc) is 3.23. The number of piperidine rings is 1. The number of thiophene rings is 1. The first-order chi connectivity index (χ1) is 15.2. The van der Waals surface area contributed by atoms with Crippen LogP contribution in [0.15, 0.2) is 29.6 Å². The Balaban J connectivity index is 0.000000360. The van der Waals surface area contributed by atoms with E-state index in [1.54, 1.807) is 11.3 Å². The van der Waals surface area contributed by atoms with Gasteiger partial charge in [0.05, 0.1) is 4.88 Å². The molecular formula is C23H27F3N2O3S. The molecule has 0 spiro atoms. The van der Waals surface area contributed by atoms with Gasteiger partial charge in [0.25, 0.3) is 5.91 Å². The number of alkyl halides is 3. The molecule has 1 saturated heterocycles. The molecule has 3 N–H and O–H groups in total. The summed E-state index contributed by atoms with van der Waals surface area (Å²) in [7, 11) is 0. The van der Waals surface area contributed by atoms with Crippen molar-refractivity contribution in [1.82, 2.24) is 4.90 Å². The third-order valence-electron chi connectivity index (χ3n) is 5.98. The minimum atomic E-state index is -5.08. The summed E-state index contributed by atoms with van der Waals surface area (Å²) in [5.41, 5.74) is 11.1. The number of aryl methyl sites for hydroxylation is 1. The van der Waals surface area contributed by atoms with Gasteiger partial charge in [-0.15, -0.1) is 11.3 Å². The van der Waals surface area contributed by atoms with Crippen LogP contribution < -0.4 is 5.73 Å². The van der Waals surface area contributed by atoms with Crippen LogP contribution in [0.5, 0.6) is 0 Å². The van der Waals surface area contributed by atoms with Gasteiger partial charge in [0, 0.05) is 19.6 Å². The summed E-state index contributed by atoms with van der Waals surface area (Å²) in [4.78, 5) is 25.0. The quantitative estimate of drug-likeness (QED) is 0.682. The number of aliphatic carboxylic acids is 1. The lowest BCUT2D eigenvalue weighted by Crippen LogP contribution is -2.38. The Labute approximate surface area is 189 Å². The van der Waals surface area contributed by atoms with Crippen molar-refractivity contribution in [3.05, 3.63) is 56.8 Å². The lowest BCUT2D eigenvalue weighted by atomic mass is 9.88. The summed E-state index contributed by atoms with van der Waals surface area (Å²) in [5, 5.41) is 9.34. The number of amides is 1. The summed E-state index contributed by atoms with van der Waals surface area (Å²) >= 11 is 1.66. The first-order valence-electron chi connectivity index (χ1n) is 10.7. The fourth-order valence-corrected chi connectivity index (χ4v) is 5.36. The molecule has 0 saturated carbocycles. The molecule has 4 rings (SSSR count). The minimum absolute atomic E-state index is 0.266. The van der Waals surface area contributed by atoms with Crippen LogP contribution in [-0.4, -0.2) is 41.1 Å². The molecule has 0 unspecified atom stereocenters. The number of nitrogens with two attached hydrogens (primary N) is 1. The second-order valence-electron chi connectivity index (χ2n) is 8.09. The van der Waals surface area contributed by atoms with Crippen molar-refractivity contribution < 1.29 is 27.9 Å². The van der Waals surface area contributed by atoms with Crippen LogP contribution in [0.1, 0.15) is 63.5 Å². The largest absolute Gasteiger partial charge is 0.490 e. The van der Waals surface area contributed by atoms with Crippen LogP contribution in [0, 0.1) is 0 Å². The van der Waals surface area contributed by atoms with Gasteiger partial charge >= 0.3 is 12.1 Å². The van der Waals surface area contributed by atoms with Gasteiger partial charge in [-0.2, -0.15) is 13.2 Å². The number of hydrogen-bond donors (Lipinski definition) is 2. The number of halogens is 3. The van der Waals surface area contributed by atoms with E-state index in [9.17, 15) is 18.0 Å². The second-order valence-corrected chi connectivity index (χ2v) is 8.97. The van der Waals surface area contributed by atoms with E-state index in [0.717, 1.165) is 43.6 Å². The summed E-state index contributed by atoms with van der Waals surface area (Å²) < 4.78 is 31.7. The molecule has 1 aromatic carbocycles. The molecule has 1 fully saturated rings. The van der Waals surface area contributed by atoms with E-state index in [0.29, 0.717) is 12.5 Å². The molecule has 1 amide bonds. The molecule has 2 aromatic rings. The number of hydrogen-bond acceptors (Lipinski definition) is 4. The van der Waals surface area contributed by atoms with Crippen LogP contribution in [0.3, 0.4) is 0 Å². The van der Waals surface area contributed by atoms with E-state index in [1.807, 2.05) is 0 Å². The zero-order valence-electron chi connectivity index (χ0n) is 17.7. The highest BCUT2D eigenvalue weighted by atomic mass is 32.1. The van der Waals surface area contributed by atoms with Crippen LogP contribution in [0.4, 0.5) is 13.2 Å². The third-order valence-corrected chi connectivity index (χ3v) is 7.04. The number of likely N-dealkylation sites (tertiary alicyclic amines) is 1. The normalized spacial score (nSPS) is 16.7. The molecule has 9 heteroatoms. The Bertz CT molecular complexity index is 950. The summed E-state index contributed by atoms with van der Waals surface area (Å²) in [6, 6.07) is 8.63. The van der Waals surface area contributed by atoms with E-state index >= 15 is 0 Å². The highest BCUT2D eigenvalue weighted by Gasteiger charge is 2.38. The van der Waals surface area contributed by atoms with Gasteiger partial charge in [0.1, 0.15) is 0 Å². The van der Waals surface area contributed by atoms with E-state index in [4.69, 9.17) is 15.6 Å². The fraction of sp³-hybridized carbons (Fsp3) is 0.478. The highest BCUT2D eigenvalue weighted by molar-refractivity contribution is 7.12. The molecule has 174 valence electrons. The Morgan fingerprint density at radius 1 is 1.16 bits per heavy atom. The molecule has 2 heterocycles. The van der Waals surface area contributed by atoms with Crippen molar-refractivity contribution in [3.8, 4) is 0 Å². The molecule has 32 heavy (non-hydrogen) atoms. The van der Waals surface area contributed by atoms with E-state index in [-0.39, 0.29) is 5.91 Å². The van der Waals surface area contributed by atoms with Crippen molar-refractivity contribution in [1.29, 1.82) is 0 Å². The van der Waals surface area contributed by atoms with Gasteiger partial charge in [-0.3, -0.25) is 4.79 Å². The zero-order valence-corrected chi connectivity index (χ0v) is 18.5. The number of carbonyl (C=O) groups excluding carboxylic acids is 1. The number of carbonyl (C=O) groups is 2. The SMILES string of the molecule is NCc1cccc(C2CCN(C(=O)c3scc4c3CCCC4)CC2)c1.O=C(O)C(F)(F)F. The highest BCUT2D eigenvalue weighted by Crippen LogP contribution is 2.33. The predicted octanol–water partition coefficient (Wildman–Crippen LogP) is 4.74. The van der Waals surface area contributed by atoms with Crippen molar-refractivity contribution in [2.24, 2.45) is 5.73 Å². The first-order valence-corrected chi connectivity index (χ1v) is 11.6. The molecule has 1 aromatic heterocycles. The number of fused-ring (bicyclic) bond motifs is 1. The van der Waals surface area contributed by atoms with Crippen LogP contribution in [0.2, 0.25) is 0 Å². The third kappa shape index (κ3) is 5.89. The maximum Gasteiger partial charge on any atom is 0.490 e. The van der Waals surface area contributed by atoms with Crippen molar-refractivity contribution >= 4 is 23.2 Å². The standard InChI is InChI=1S/C21H26N2OS.C2HF3O2/c22-13-15-4-3-6-17(12-15)16-8-10-23(11-9-16)21(24)20-19-7-2-1-5-18(19)14-25-20;3-2(4,5)1(6)7/h3-4,6,12,14,16H,1-2,5,7-11,13,22H2;(H,6,7).